The van der Waals surface area contributed by atoms with Crippen molar-refractivity contribution in [3.8, 4) is 0 Å². The number of amides is 1. The number of hydrogen-bond acceptors (Lipinski definition) is 4. The molecule has 2 heterocycles. The topological polar surface area (TPSA) is 67.2 Å². The summed E-state index contributed by atoms with van der Waals surface area (Å²) in [6, 6.07) is 17.5. The first kappa shape index (κ1) is 19.3. The van der Waals surface area contributed by atoms with Gasteiger partial charge in [0.15, 0.2) is 5.69 Å². The van der Waals surface area contributed by atoms with Gasteiger partial charge in [-0.25, -0.2) is 4.68 Å². The number of likely N-dealkylation sites (tertiary alicyclic amines) is 1. The van der Waals surface area contributed by atoms with E-state index in [1.807, 2.05) is 44.2 Å². The van der Waals surface area contributed by atoms with Crippen LogP contribution in [0.1, 0.15) is 42.4 Å². The first-order valence-electron chi connectivity index (χ1n) is 10.1. The number of fused-ring (bicyclic) bond motifs is 1. The lowest BCUT2D eigenvalue weighted by Crippen LogP contribution is -2.39. The summed E-state index contributed by atoms with van der Waals surface area (Å²) < 4.78 is 1.40. The third-order valence-corrected chi connectivity index (χ3v) is 5.39. The van der Waals surface area contributed by atoms with Crippen molar-refractivity contribution in [3.63, 3.8) is 0 Å². The number of carbonyl (C=O) groups is 1. The highest BCUT2D eigenvalue weighted by Gasteiger charge is 2.26. The maximum absolute atomic E-state index is 13.1. The Morgan fingerprint density at radius 3 is 2.52 bits per heavy atom. The minimum absolute atomic E-state index is 0.0752. The Kier molecular flexibility index (Phi) is 5.45. The minimum Gasteiger partial charge on any atom is -0.347 e. The molecule has 0 saturated carbocycles. The Bertz CT molecular complexity index is 1080. The lowest BCUT2D eigenvalue weighted by atomic mass is 10.1. The number of rotatable bonds is 5. The molecule has 1 N–H and O–H groups in total. The van der Waals surface area contributed by atoms with Gasteiger partial charge < -0.3 is 5.32 Å². The number of carbonyl (C=O) groups excluding carboxylic acids is 1. The highest BCUT2D eigenvalue weighted by Crippen LogP contribution is 2.17. The Balaban J connectivity index is 1.52. The molecule has 1 amide bonds. The molecule has 3 aromatic rings. The molecule has 1 atom stereocenters. The van der Waals surface area contributed by atoms with Crippen molar-refractivity contribution in [2.24, 2.45) is 0 Å². The largest absolute Gasteiger partial charge is 0.347 e. The summed E-state index contributed by atoms with van der Waals surface area (Å²) in [6.07, 6.45) is 0.903. The molecule has 1 aliphatic heterocycles. The average molecular weight is 390 g/mol. The van der Waals surface area contributed by atoms with Crippen molar-refractivity contribution >= 4 is 16.7 Å². The van der Waals surface area contributed by atoms with Crippen molar-refractivity contribution in [1.82, 2.24) is 20.0 Å². The summed E-state index contributed by atoms with van der Waals surface area (Å²) in [5.41, 5.74) is 1.42. The number of hydrogen-bond donors (Lipinski definition) is 1. The molecular formula is C23H26N4O2. The molecule has 1 saturated heterocycles. The van der Waals surface area contributed by atoms with Gasteiger partial charge in [0, 0.05) is 31.1 Å². The predicted molar refractivity (Wildman–Crippen MR) is 114 cm³/mol. The monoisotopic (exact) mass is 390 g/mol. The van der Waals surface area contributed by atoms with E-state index < -0.39 is 0 Å². The van der Waals surface area contributed by atoms with E-state index in [0.29, 0.717) is 16.5 Å². The SMILES string of the molecule is CC(C)n1nc(C(=O)N[C@@H]2CCN(Cc3ccccc3)C2)c2ccccc2c1=O. The van der Waals surface area contributed by atoms with Crippen LogP contribution in [0.2, 0.25) is 0 Å². The first-order valence-corrected chi connectivity index (χ1v) is 10.1. The van der Waals surface area contributed by atoms with Crippen LogP contribution in [0.15, 0.2) is 59.4 Å². The van der Waals surface area contributed by atoms with E-state index >= 15 is 0 Å². The summed E-state index contributed by atoms with van der Waals surface area (Å²) in [4.78, 5) is 28.1. The molecule has 150 valence electrons. The quantitative estimate of drug-likeness (QED) is 0.727. The smallest absolute Gasteiger partial charge is 0.274 e. The fraction of sp³-hybridized carbons (Fsp3) is 0.348. The molecular weight excluding hydrogens is 364 g/mol. The second kappa shape index (κ2) is 8.17. The summed E-state index contributed by atoms with van der Waals surface area (Å²) in [6.45, 7) is 6.42. The lowest BCUT2D eigenvalue weighted by Gasteiger charge is -2.18. The first-order chi connectivity index (χ1) is 14.0. The Labute approximate surface area is 170 Å². The van der Waals surface area contributed by atoms with Gasteiger partial charge in [-0.05, 0) is 31.9 Å². The van der Waals surface area contributed by atoms with Gasteiger partial charge >= 0.3 is 0 Å². The van der Waals surface area contributed by atoms with Crippen LogP contribution in [0, 0.1) is 0 Å². The molecule has 6 nitrogen and oxygen atoms in total. The summed E-state index contributed by atoms with van der Waals surface area (Å²) in [5, 5.41) is 8.67. The zero-order valence-corrected chi connectivity index (χ0v) is 16.8. The van der Waals surface area contributed by atoms with Gasteiger partial charge in [0.1, 0.15) is 0 Å². The van der Waals surface area contributed by atoms with Crippen molar-refractivity contribution in [3.05, 3.63) is 76.2 Å². The molecule has 0 aliphatic carbocycles. The molecule has 2 aromatic carbocycles. The zero-order chi connectivity index (χ0) is 20.4. The molecule has 0 unspecified atom stereocenters. The van der Waals surface area contributed by atoms with Gasteiger partial charge in [0.25, 0.3) is 11.5 Å². The molecule has 0 bridgehead atoms. The fourth-order valence-electron chi connectivity index (χ4n) is 3.91. The van der Waals surface area contributed by atoms with Crippen molar-refractivity contribution in [1.29, 1.82) is 0 Å². The molecule has 1 fully saturated rings. The second-order valence-electron chi connectivity index (χ2n) is 7.92. The van der Waals surface area contributed by atoms with Gasteiger partial charge in [-0.1, -0.05) is 48.5 Å². The highest BCUT2D eigenvalue weighted by molar-refractivity contribution is 6.04. The maximum Gasteiger partial charge on any atom is 0.274 e. The molecule has 0 radical (unpaired) electrons. The van der Waals surface area contributed by atoms with Crippen LogP contribution >= 0.6 is 0 Å². The number of aromatic nitrogens is 2. The molecule has 0 spiro atoms. The van der Waals surface area contributed by atoms with Crippen LogP contribution in [0.25, 0.3) is 10.8 Å². The van der Waals surface area contributed by atoms with Gasteiger partial charge in [-0.2, -0.15) is 5.10 Å². The zero-order valence-electron chi connectivity index (χ0n) is 16.8. The van der Waals surface area contributed by atoms with Crippen LogP contribution in [-0.2, 0) is 6.54 Å². The molecule has 29 heavy (non-hydrogen) atoms. The van der Waals surface area contributed by atoms with E-state index in [0.717, 1.165) is 26.1 Å². The van der Waals surface area contributed by atoms with E-state index in [1.165, 1.54) is 10.2 Å². The molecule has 1 aliphatic rings. The predicted octanol–water partition coefficient (Wildman–Crippen LogP) is 2.98. The summed E-state index contributed by atoms with van der Waals surface area (Å²) in [7, 11) is 0. The fourth-order valence-corrected chi connectivity index (χ4v) is 3.91. The minimum atomic E-state index is -0.220. The van der Waals surface area contributed by atoms with Crippen LogP contribution < -0.4 is 10.9 Å². The Morgan fingerprint density at radius 1 is 1.10 bits per heavy atom. The maximum atomic E-state index is 13.1. The van der Waals surface area contributed by atoms with Crippen molar-refractivity contribution in [2.75, 3.05) is 13.1 Å². The van der Waals surface area contributed by atoms with E-state index in [-0.39, 0.29) is 23.6 Å². The van der Waals surface area contributed by atoms with Gasteiger partial charge in [0.2, 0.25) is 0 Å². The van der Waals surface area contributed by atoms with Crippen molar-refractivity contribution in [2.45, 2.75) is 38.9 Å². The van der Waals surface area contributed by atoms with Gasteiger partial charge in [-0.3, -0.25) is 14.5 Å². The molecule has 4 rings (SSSR count). The van der Waals surface area contributed by atoms with E-state index in [2.05, 4.69) is 27.4 Å². The number of nitrogens with one attached hydrogen (secondary N) is 1. The van der Waals surface area contributed by atoms with E-state index in [4.69, 9.17) is 0 Å². The highest BCUT2D eigenvalue weighted by atomic mass is 16.2. The third kappa shape index (κ3) is 4.07. The van der Waals surface area contributed by atoms with Crippen LogP contribution in [0.3, 0.4) is 0 Å². The van der Waals surface area contributed by atoms with Crippen LogP contribution in [-0.4, -0.2) is 39.7 Å². The second-order valence-corrected chi connectivity index (χ2v) is 7.92. The third-order valence-electron chi connectivity index (χ3n) is 5.39. The number of nitrogens with zero attached hydrogens (tertiary/aromatic N) is 3. The van der Waals surface area contributed by atoms with Gasteiger partial charge in [-0.15, -0.1) is 0 Å². The Morgan fingerprint density at radius 2 is 1.79 bits per heavy atom. The van der Waals surface area contributed by atoms with Crippen LogP contribution in [0.5, 0.6) is 0 Å². The molecule has 1 aromatic heterocycles. The molecule has 6 heteroatoms. The van der Waals surface area contributed by atoms with Crippen LogP contribution in [0.4, 0.5) is 0 Å². The normalized spacial score (nSPS) is 17.1. The van der Waals surface area contributed by atoms with Gasteiger partial charge in [0.05, 0.1) is 11.4 Å². The van der Waals surface area contributed by atoms with E-state index in [9.17, 15) is 9.59 Å². The van der Waals surface area contributed by atoms with E-state index in [1.54, 1.807) is 12.1 Å². The standard InChI is InChI=1S/C23H26N4O2/c1-16(2)27-23(29)20-11-7-6-10-19(20)21(25-27)22(28)24-18-12-13-26(15-18)14-17-8-4-3-5-9-17/h3-11,16,18H,12-15H2,1-2H3,(H,24,28)/t18-/m1/s1. The Hall–Kier alpha value is -2.99. The van der Waals surface area contributed by atoms with Crippen molar-refractivity contribution < 1.29 is 4.79 Å². The number of benzene rings is 2. The summed E-state index contributed by atoms with van der Waals surface area (Å²) >= 11 is 0. The summed E-state index contributed by atoms with van der Waals surface area (Å²) in [5.74, 6) is -0.220. The average Bonchev–Trinajstić information content (AvgIpc) is 3.15. The lowest BCUT2D eigenvalue weighted by molar-refractivity contribution is 0.0931.